The number of carbonyl (C=O) groups is 1. The molecule has 2 atom stereocenters. The highest BCUT2D eigenvalue weighted by atomic mass is 19.4. The van der Waals surface area contributed by atoms with E-state index >= 15 is 0 Å². The molecule has 4 aromatic rings. The molecule has 5 rings (SSSR count). The van der Waals surface area contributed by atoms with Crippen LogP contribution in [0.4, 0.5) is 13.2 Å². The van der Waals surface area contributed by atoms with Gasteiger partial charge in [-0.2, -0.15) is 18.4 Å². The third kappa shape index (κ3) is 6.14. The Morgan fingerprint density at radius 1 is 1.07 bits per heavy atom. The number of rotatable bonds is 7. The number of carbonyl (C=O) groups excluding carboxylic acids is 1. The maximum atomic E-state index is 13.5. The first-order valence-corrected chi connectivity index (χ1v) is 12.8. The van der Waals surface area contributed by atoms with Gasteiger partial charge >= 0.3 is 6.18 Å². The highest BCUT2D eigenvalue weighted by molar-refractivity contribution is 6.06. The predicted octanol–water partition coefficient (Wildman–Crippen LogP) is 6.98. The van der Waals surface area contributed by atoms with E-state index in [2.05, 4.69) is 26.2 Å². The Balaban J connectivity index is 1.47. The molecule has 0 aliphatic carbocycles. The Hall–Kier alpha value is -4.91. The zero-order valence-corrected chi connectivity index (χ0v) is 22.2. The number of Topliss-reactive ketones (excluding diaryl/α,β-unsaturated/α-hetero) is 1. The lowest BCUT2D eigenvalue weighted by molar-refractivity contribution is -0.141. The molecule has 0 N–H and O–H groups in total. The number of alkyl halides is 3. The topological polar surface area (TPSA) is 101 Å². The van der Waals surface area contributed by atoms with Gasteiger partial charge < -0.3 is 4.84 Å². The minimum Gasteiger partial charge on any atom is -0.385 e. The molecule has 1 aromatic carbocycles. The fraction of sp³-hybridized carbons (Fsp3) is 0.226. The number of nitriles is 1. The molecule has 0 amide bonds. The van der Waals surface area contributed by atoms with Gasteiger partial charge in [-0.1, -0.05) is 24.2 Å². The second-order valence-corrected chi connectivity index (χ2v) is 9.91. The standard InChI is InChI=1S/C31H24F3N5O2/c1-18-9-24(15-35)30(38-16-18)23-12-21(26-14-28(41-39-26)25-5-3-4-8-36-25)11-22(13-23)27(40)10-19(2)20-6-7-29(37-17-20)31(32,33)34/h3-9,11-13,16-17,19,28H,10,14H2,1-2H3/t19-,28?/m0/s1. The van der Waals surface area contributed by atoms with Crippen LogP contribution in [0.15, 0.2) is 78.3 Å². The number of aryl methyl sites for hydroxylation is 1. The van der Waals surface area contributed by atoms with Crippen molar-refractivity contribution in [1.29, 1.82) is 5.26 Å². The molecule has 41 heavy (non-hydrogen) atoms. The van der Waals surface area contributed by atoms with Crippen molar-refractivity contribution in [3.63, 3.8) is 0 Å². The van der Waals surface area contributed by atoms with E-state index in [1.807, 2.05) is 31.2 Å². The number of pyridine rings is 3. The fourth-order valence-electron chi connectivity index (χ4n) is 4.63. The van der Waals surface area contributed by atoms with E-state index in [0.717, 1.165) is 23.5 Å². The quantitative estimate of drug-likeness (QED) is 0.228. The molecule has 0 saturated carbocycles. The molecule has 1 aliphatic heterocycles. The van der Waals surface area contributed by atoms with E-state index in [1.54, 1.807) is 37.5 Å². The first-order valence-electron chi connectivity index (χ1n) is 12.8. The van der Waals surface area contributed by atoms with E-state index in [9.17, 15) is 23.2 Å². The van der Waals surface area contributed by atoms with Crippen LogP contribution in [-0.2, 0) is 11.0 Å². The van der Waals surface area contributed by atoms with Crippen molar-refractivity contribution in [2.45, 2.75) is 44.9 Å². The van der Waals surface area contributed by atoms with Gasteiger partial charge in [0.15, 0.2) is 11.9 Å². The lowest BCUT2D eigenvalue weighted by Gasteiger charge is -2.14. The van der Waals surface area contributed by atoms with Crippen molar-refractivity contribution < 1.29 is 22.8 Å². The summed E-state index contributed by atoms with van der Waals surface area (Å²) < 4.78 is 38.8. The predicted molar refractivity (Wildman–Crippen MR) is 145 cm³/mol. The number of ketones is 1. The third-order valence-electron chi connectivity index (χ3n) is 6.83. The van der Waals surface area contributed by atoms with Crippen LogP contribution in [0.3, 0.4) is 0 Å². The Morgan fingerprint density at radius 2 is 1.88 bits per heavy atom. The van der Waals surface area contributed by atoms with Crippen LogP contribution in [0.1, 0.15) is 75.8 Å². The van der Waals surface area contributed by atoms with Crippen molar-refractivity contribution in [2.24, 2.45) is 5.16 Å². The zero-order valence-electron chi connectivity index (χ0n) is 22.2. The molecule has 206 valence electrons. The van der Waals surface area contributed by atoms with Gasteiger partial charge in [0.25, 0.3) is 0 Å². The van der Waals surface area contributed by atoms with Crippen LogP contribution in [-0.4, -0.2) is 26.4 Å². The molecule has 1 aliphatic rings. The molecular formula is C31H24F3N5O2. The lowest BCUT2D eigenvalue weighted by Crippen LogP contribution is -2.10. The lowest BCUT2D eigenvalue weighted by atomic mass is 9.90. The largest absolute Gasteiger partial charge is 0.433 e. The molecule has 0 radical (unpaired) electrons. The maximum absolute atomic E-state index is 13.5. The van der Waals surface area contributed by atoms with Crippen LogP contribution in [0.2, 0.25) is 0 Å². The highest BCUT2D eigenvalue weighted by Crippen LogP contribution is 2.33. The first kappa shape index (κ1) is 27.6. The summed E-state index contributed by atoms with van der Waals surface area (Å²) in [7, 11) is 0. The number of oxime groups is 1. The summed E-state index contributed by atoms with van der Waals surface area (Å²) in [6.07, 6.45) is 0.0124. The minimum absolute atomic E-state index is 0.0297. The van der Waals surface area contributed by atoms with Crippen LogP contribution < -0.4 is 0 Å². The molecule has 0 spiro atoms. The number of hydrogen-bond acceptors (Lipinski definition) is 7. The summed E-state index contributed by atoms with van der Waals surface area (Å²) in [5.74, 6) is -0.621. The van der Waals surface area contributed by atoms with Gasteiger partial charge in [-0.25, -0.2) is 0 Å². The summed E-state index contributed by atoms with van der Waals surface area (Å²) in [5, 5.41) is 14.0. The Morgan fingerprint density at radius 3 is 2.56 bits per heavy atom. The molecule has 3 aromatic heterocycles. The molecule has 4 heterocycles. The molecule has 0 saturated heterocycles. The van der Waals surface area contributed by atoms with Crippen molar-refractivity contribution in [1.82, 2.24) is 15.0 Å². The average molecular weight is 556 g/mol. The molecule has 0 fully saturated rings. The Kier molecular flexibility index (Phi) is 7.62. The van der Waals surface area contributed by atoms with Gasteiger partial charge in [0.2, 0.25) is 0 Å². The summed E-state index contributed by atoms with van der Waals surface area (Å²) in [4.78, 5) is 31.5. The number of aromatic nitrogens is 3. The normalized spacial score (nSPS) is 15.5. The molecular weight excluding hydrogens is 531 g/mol. The summed E-state index contributed by atoms with van der Waals surface area (Å²) >= 11 is 0. The number of halogens is 3. The highest BCUT2D eigenvalue weighted by Gasteiger charge is 2.32. The fourth-order valence-corrected chi connectivity index (χ4v) is 4.63. The second kappa shape index (κ2) is 11.3. The van der Waals surface area contributed by atoms with Crippen LogP contribution in [0.25, 0.3) is 11.3 Å². The van der Waals surface area contributed by atoms with Gasteiger partial charge in [0.1, 0.15) is 11.8 Å². The van der Waals surface area contributed by atoms with Crippen molar-refractivity contribution in [2.75, 3.05) is 0 Å². The van der Waals surface area contributed by atoms with Gasteiger partial charge in [0.05, 0.1) is 22.7 Å². The Bertz CT molecular complexity index is 1660. The molecule has 0 bridgehead atoms. The maximum Gasteiger partial charge on any atom is 0.433 e. The second-order valence-electron chi connectivity index (χ2n) is 9.91. The summed E-state index contributed by atoms with van der Waals surface area (Å²) in [6, 6.07) is 16.9. The van der Waals surface area contributed by atoms with Crippen molar-refractivity contribution in [3.05, 3.63) is 112 Å². The summed E-state index contributed by atoms with van der Waals surface area (Å²) in [6.45, 7) is 3.59. The smallest absolute Gasteiger partial charge is 0.385 e. The Labute approximate surface area is 234 Å². The zero-order chi connectivity index (χ0) is 29.1. The van der Waals surface area contributed by atoms with Crippen molar-refractivity contribution >= 4 is 11.5 Å². The molecule has 1 unspecified atom stereocenters. The van der Waals surface area contributed by atoms with Crippen LogP contribution >= 0.6 is 0 Å². The van der Waals surface area contributed by atoms with Crippen LogP contribution in [0, 0.1) is 18.3 Å². The molecule has 10 heteroatoms. The number of benzene rings is 1. The number of hydrogen-bond donors (Lipinski definition) is 0. The van der Waals surface area contributed by atoms with E-state index < -0.39 is 17.8 Å². The number of nitrogens with zero attached hydrogens (tertiary/aromatic N) is 5. The van der Waals surface area contributed by atoms with E-state index in [1.165, 1.54) is 6.07 Å². The average Bonchev–Trinajstić information content (AvgIpc) is 3.47. The van der Waals surface area contributed by atoms with Gasteiger partial charge in [0, 0.05) is 48.1 Å². The van der Waals surface area contributed by atoms with Crippen LogP contribution in [0.5, 0.6) is 0 Å². The summed E-state index contributed by atoms with van der Waals surface area (Å²) in [5.41, 5.74) is 4.04. The minimum atomic E-state index is -4.54. The van der Waals surface area contributed by atoms with Crippen molar-refractivity contribution in [3.8, 4) is 17.3 Å². The van der Waals surface area contributed by atoms with Gasteiger partial charge in [-0.3, -0.25) is 19.7 Å². The van der Waals surface area contributed by atoms with Gasteiger partial charge in [-0.05, 0) is 66.4 Å². The monoisotopic (exact) mass is 555 g/mol. The van der Waals surface area contributed by atoms with Gasteiger partial charge in [-0.15, -0.1) is 0 Å². The molecule has 7 nitrogen and oxygen atoms in total. The van der Waals surface area contributed by atoms with E-state index in [0.29, 0.717) is 45.6 Å². The first-order chi connectivity index (χ1) is 19.6. The van der Waals surface area contributed by atoms with E-state index in [4.69, 9.17) is 4.84 Å². The third-order valence-corrected chi connectivity index (χ3v) is 6.83. The van der Waals surface area contributed by atoms with E-state index in [-0.39, 0.29) is 18.3 Å². The SMILES string of the molecule is Cc1cnc(-c2cc(C(=O)C[C@H](C)c3ccc(C(F)(F)F)nc3)cc(C3=NOC(c4ccccn4)C3)c2)c(C#N)c1.